The summed E-state index contributed by atoms with van der Waals surface area (Å²) in [6.45, 7) is 3.43. The van der Waals surface area contributed by atoms with Crippen molar-refractivity contribution in [3.05, 3.63) is 47.6 Å². The molecule has 138 valence electrons. The van der Waals surface area contributed by atoms with Crippen molar-refractivity contribution in [2.24, 2.45) is 4.99 Å². The molecule has 1 aromatic heterocycles. The number of halogens is 2. The fourth-order valence-corrected chi connectivity index (χ4v) is 2.12. The second-order valence-corrected chi connectivity index (χ2v) is 5.24. The van der Waals surface area contributed by atoms with Crippen LogP contribution in [0, 0.1) is 5.82 Å². The molecule has 0 aliphatic carbocycles. The Kier molecular flexibility index (Phi) is 9.25. The third kappa shape index (κ3) is 6.52. The van der Waals surface area contributed by atoms with Gasteiger partial charge in [0.25, 0.3) is 0 Å². The summed E-state index contributed by atoms with van der Waals surface area (Å²) in [5.41, 5.74) is 0.924. The van der Waals surface area contributed by atoms with Crippen molar-refractivity contribution in [3.8, 4) is 5.75 Å². The first kappa shape index (κ1) is 21.2. The third-order valence-corrected chi connectivity index (χ3v) is 3.49. The Balaban J connectivity index is 0.00000312. The van der Waals surface area contributed by atoms with E-state index in [0.717, 1.165) is 17.9 Å². The number of ether oxygens (including phenoxy) is 1. The molecule has 2 rings (SSSR count). The van der Waals surface area contributed by atoms with E-state index in [9.17, 15) is 4.39 Å². The van der Waals surface area contributed by atoms with Gasteiger partial charge < -0.3 is 19.5 Å². The van der Waals surface area contributed by atoms with Gasteiger partial charge in [-0.1, -0.05) is 24.2 Å². The number of rotatable bonds is 7. The minimum Gasteiger partial charge on any atom is -0.489 e. The third-order valence-electron chi connectivity index (χ3n) is 3.49. The Labute approximate surface area is 164 Å². The lowest BCUT2D eigenvalue weighted by atomic mass is 10.3. The summed E-state index contributed by atoms with van der Waals surface area (Å²) in [5, 5.41) is 7.15. The van der Waals surface area contributed by atoms with Crippen LogP contribution >= 0.6 is 24.0 Å². The summed E-state index contributed by atoms with van der Waals surface area (Å²) in [4.78, 5) is 6.11. The summed E-state index contributed by atoms with van der Waals surface area (Å²) in [5.74, 6) is 1.34. The quantitative estimate of drug-likeness (QED) is 0.390. The average Bonchev–Trinajstić information content (AvgIpc) is 3.05. The van der Waals surface area contributed by atoms with Gasteiger partial charge >= 0.3 is 0 Å². The van der Waals surface area contributed by atoms with Gasteiger partial charge in [-0.15, -0.1) is 24.0 Å². The molecule has 0 spiro atoms. The fourth-order valence-electron chi connectivity index (χ4n) is 2.12. The molecular formula is C17H24FIN4O2. The van der Waals surface area contributed by atoms with Gasteiger partial charge in [-0.3, -0.25) is 4.99 Å². The highest BCUT2D eigenvalue weighted by molar-refractivity contribution is 14.0. The van der Waals surface area contributed by atoms with Crippen LogP contribution in [0.15, 0.2) is 39.8 Å². The first-order valence-corrected chi connectivity index (χ1v) is 7.87. The summed E-state index contributed by atoms with van der Waals surface area (Å²) in [6, 6.07) is 8.28. The highest BCUT2D eigenvalue weighted by Crippen LogP contribution is 2.15. The van der Waals surface area contributed by atoms with Gasteiger partial charge in [0.05, 0.1) is 18.8 Å². The number of hydrogen-bond donors (Lipinski definition) is 1. The Hall–Kier alpha value is -1.84. The molecule has 0 saturated carbocycles. The Morgan fingerprint density at radius 1 is 1.40 bits per heavy atom. The van der Waals surface area contributed by atoms with Crippen LogP contribution in [-0.4, -0.2) is 43.3 Å². The number of aryl methyl sites for hydroxylation is 1. The molecule has 2 aromatic rings. The largest absolute Gasteiger partial charge is 0.489 e. The molecule has 25 heavy (non-hydrogen) atoms. The molecular weight excluding hydrogens is 438 g/mol. The number of aromatic nitrogens is 1. The number of nitrogens with one attached hydrogen (secondary N) is 1. The molecule has 0 saturated heterocycles. The Morgan fingerprint density at radius 2 is 2.16 bits per heavy atom. The number of likely N-dealkylation sites (N-methyl/N-ethyl adjacent to an activating group) is 1. The van der Waals surface area contributed by atoms with Crippen LogP contribution in [-0.2, 0) is 13.0 Å². The predicted octanol–water partition coefficient (Wildman–Crippen LogP) is 3.08. The zero-order valence-electron chi connectivity index (χ0n) is 14.7. The van der Waals surface area contributed by atoms with Crippen molar-refractivity contribution >= 4 is 29.9 Å². The van der Waals surface area contributed by atoms with E-state index < -0.39 is 0 Å². The van der Waals surface area contributed by atoms with E-state index in [2.05, 4.69) is 15.5 Å². The standard InChI is InChI=1S/C17H23FN4O2.HI/c1-4-13-11-14(24-21-13)12-20-17(19-2)22(3)9-10-23-16-8-6-5-7-15(16)18;/h5-8,11H,4,9-10,12H2,1-3H3,(H,19,20);1H. The Bertz CT molecular complexity index is 678. The van der Waals surface area contributed by atoms with Crippen molar-refractivity contribution < 1.29 is 13.7 Å². The molecule has 0 fully saturated rings. The van der Waals surface area contributed by atoms with E-state index >= 15 is 0 Å². The van der Waals surface area contributed by atoms with Gasteiger partial charge in [-0.05, 0) is 18.6 Å². The first-order valence-electron chi connectivity index (χ1n) is 7.87. The molecule has 1 N–H and O–H groups in total. The Morgan fingerprint density at radius 3 is 2.80 bits per heavy atom. The molecule has 0 radical (unpaired) electrons. The summed E-state index contributed by atoms with van der Waals surface area (Å²) >= 11 is 0. The van der Waals surface area contributed by atoms with Gasteiger partial charge in [0.15, 0.2) is 23.3 Å². The zero-order chi connectivity index (χ0) is 17.4. The van der Waals surface area contributed by atoms with Crippen LogP contribution in [0.5, 0.6) is 5.75 Å². The van der Waals surface area contributed by atoms with Crippen LogP contribution in [0.3, 0.4) is 0 Å². The number of guanidine groups is 1. The van der Waals surface area contributed by atoms with Crippen molar-refractivity contribution in [3.63, 3.8) is 0 Å². The predicted molar refractivity (Wildman–Crippen MR) is 106 cm³/mol. The van der Waals surface area contributed by atoms with Crippen molar-refractivity contribution in [1.82, 2.24) is 15.4 Å². The molecule has 0 bridgehead atoms. The monoisotopic (exact) mass is 462 g/mol. The highest BCUT2D eigenvalue weighted by atomic mass is 127. The summed E-state index contributed by atoms with van der Waals surface area (Å²) in [6.07, 6.45) is 0.839. The number of aliphatic imine (C=N–C) groups is 1. The molecule has 6 nitrogen and oxygen atoms in total. The first-order chi connectivity index (χ1) is 11.6. The van der Waals surface area contributed by atoms with Gasteiger partial charge in [0.1, 0.15) is 6.61 Å². The minimum absolute atomic E-state index is 0. The van der Waals surface area contributed by atoms with Crippen LogP contribution < -0.4 is 10.1 Å². The summed E-state index contributed by atoms with van der Waals surface area (Å²) in [7, 11) is 3.59. The smallest absolute Gasteiger partial charge is 0.193 e. The molecule has 0 aliphatic rings. The van der Waals surface area contributed by atoms with Crippen LogP contribution in [0.25, 0.3) is 0 Å². The lowest BCUT2D eigenvalue weighted by Gasteiger charge is -2.21. The number of para-hydroxylation sites is 1. The topological polar surface area (TPSA) is 62.9 Å². The normalized spacial score (nSPS) is 11.0. The van der Waals surface area contributed by atoms with E-state index in [1.165, 1.54) is 6.07 Å². The van der Waals surface area contributed by atoms with Crippen molar-refractivity contribution in [1.29, 1.82) is 0 Å². The maximum Gasteiger partial charge on any atom is 0.193 e. The molecule has 0 unspecified atom stereocenters. The molecule has 0 amide bonds. The number of hydrogen-bond acceptors (Lipinski definition) is 4. The van der Waals surface area contributed by atoms with Crippen molar-refractivity contribution in [2.45, 2.75) is 19.9 Å². The van der Waals surface area contributed by atoms with Crippen molar-refractivity contribution in [2.75, 3.05) is 27.2 Å². The maximum absolute atomic E-state index is 13.5. The fraction of sp³-hybridized carbons (Fsp3) is 0.412. The maximum atomic E-state index is 13.5. The van der Waals surface area contributed by atoms with Crippen LogP contribution in [0.2, 0.25) is 0 Å². The second-order valence-electron chi connectivity index (χ2n) is 5.24. The van der Waals surface area contributed by atoms with Gasteiger partial charge in [-0.2, -0.15) is 0 Å². The zero-order valence-corrected chi connectivity index (χ0v) is 17.0. The van der Waals surface area contributed by atoms with Gasteiger partial charge in [0, 0.05) is 20.2 Å². The summed E-state index contributed by atoms with van der Waals surface area (Å²) < 4.78 is 24.2. The second kappa shape index (κ2) is 10.9. The minimum atomic E-state index is -0.361. The van der Waals surface area contributed by atoms with E-state index in [0.29, 0.717) is 25.7 Å². The average molecular weight is 462 g/mol. The van der Waals surface area contributed by atoms with E-state index in [1.807, 2.05) is 24.9 Å². The molecule has 1 heterocycles. The van der Waals surface area contributed by atoms with Crippen LogP contribution in [0.4, 0.5) is 4.39 Å². The molecule has 0 aliphatic heterocycles. The van der Waals surface area contributed by atoms with E-state index in [4.69, 9.17) is 9.26 Å². The number of nitrogens with zero attached hydrogens (tertiary/aromatic N) is 3. The van der Waals surface area contributed by atoms with Gasteiger partial charge in [0.2, 0.25) is 0 Å². The SMILES string of the molecule is CCc1cc(CNC(=NC)N(C)CCOc2ccccc2F)on1.I. The van der Waals surface area contributed by atoms with Gasteiger partial charge in [-0.25, -0.2) is 4.39 Å². The highest BCUT2D eigenvalue weighted by Gasteiger charge is 2.09. The molecule has 1 aromatic carbocycles. The molecule has 0 atom stereocenters. The lowest BCUT2D eigenvalue weighted by Crippen LogP contribution is -2.40. The van der Waals surface area contributed by atoms with E-state index in [1.54, 1.807) is 25.2 Å². The van der Waals surface area contributed by atoms with Crippen LogP contribution in [0.1, 0.15) is 18.4 Å². The number of benzene rings is 1. The lowest BCUT2D eigenvalue weighted by molar-refractivity contribution is 0.269. The molecule has 8 heteroatoms. The van der Waals surface area contributed by atoms with E-state index in [-0.39, 0.29) is 35.5 Å².